The number of likely N-dealkylation sites (tertiary alicyclic amines) is 1. The number of aliphatic hydroxyl groups is 1. The molecule has 1 aliphatic heterocycles. The van der Waals surface area contributed by atoms with Gasteiger partial charge in [-0.25, -0.2) is 4.39 Å². The van der Waals surface area contributed by atoms with Crippen LogP contribution in [0.2, 0.25) is 0 Å². The third-order valence-electron chi connectivity index (χ3n) is 4.28. The molecule has 21 heavy (non-hydrogen) atoms. The van der Waals surface area contributed by atoms with Crippen molar-refractivity contribution in [2.24, 2.45) is 5.92 Å². The fourth-order valence-corrected chi connectivity index (χ4v) is 3.23. The van der Waals surface area contributed by atoms with Gasteiger partial charge in [0, 0.05) is 38.1 Å². The lowest BCUT2D eigenvalue weighted by molar-refractivity contribution is 0.214. The zero-order valence-electron chi connectivity index (χ0n) is 12.0. The van der Waals surface area contributed by atoms with E-state index >= 15 is 0 Å². The summed E-state index contributed by atoms with van der Waals surface area (Å²) in [5.41, 5.74) is 2.26. The van der Waals surface area contributed by atoms with Crippen LogP contribution in [0.1, 0.15) is 17.0 Å². The maximum atomic E-state index is 13.4. The molecule has 0 spiro atoms. The van der Waals surface area contributed by atoms with Gasteiger partial charge in [-0.05, 0) is 23.3 Å². The minimum Gasteiger partial charge on any atom is -0.396 e. The molecule has 1 aliphatic rings. The third kappa shape index (κ3) is 3.31. The van der Waals surface area contributed by atoms with Gasteiger partial charge in [0.15, 0.2) is 0 Å². The Kier molecular flexibility index (Phi) is 4.32. The number of hydrogen-bond acceptors (Lipinski definition) is 2. The standard InChI is InChI=1S/C18H20FNO/c19-17-8-4-7-15(9-17)18-12-20(11-16(18)13-21)10-14-5-2-1-3-6-14/h1-9,16,18,21H,10-13H2/t16-,18-/m1/s1. The molecule has 0 unspecified atom stereocenters. The zero-order chi connectivity index (χ0) is 14.7. The van der Waals surface area contributed by atoms with Crippen molar-refractivity contribution in [3.05, 3.63) is 71.5 Å². The summed E-state index contributed by atoms with van der Waals surface area (Å²) in [6.07, 6.45) is 0. The van der Waals surface area contributed by atoms with E-state index in [1.165, 1.54) is 11.6 Å². The molecule has 2 aromatic carbocycles. The van der Waals surface area contributed by atoms with Gasteiger partial charge in [0.1, 0.15) is 5.82 Å². The highest BCUT2D eigenvalue weighted by atomic mass is 19.1. The molecule has 1 N–H and O–H groups in total. The first-order valence-electron chi connectivity index (χ1n) is 7.39. The van der Waals surface area contributed by atoms with E-state index in [1.54, 1.807) is 12.1 Å². The van der Waals surface area contributed by atoms with Crippen LogP contribution in [0.5, 0.6) is 0 Å². The summed E-state index contributed by atoms with van der Waals surface area (Å²) >= 11 is 0. The molecule has 0 bridgehead atoms. The van der Waals surface area contributed by atoms with Crippen LogP contribution >= 0.6 is 0 Å². The predicted octanol–water partition coefficient (Wildman–Crippen LogP) is 3.03. The van der Waals surface area contributed by atoms with Crippen molar-refractivity contribution in [1.29, 1.82) is 0 Å². The Labute approximate surface area is 124 Å². The molecule has 2 aromatic rings. The molecule has 2 atom stereocenters. The highest BCUT2D eigenvalue weighted by Gasteiger charge is 2.33. The number of benzene rings is 2. The SMILES string of the molecule is OC[C@H]1CN(Cc2ccccc2)C[C@@H]1c1cccc(F)c1. The minimum atomic E-state index is -0.203. The first-order valence-corrected chi connectivity index (χ1v) is 7.39. The van der Waals surface area contributed by atoms with Crippen molar-refractivity contribution in [2.45, 2.75) is 12.5 Å². The van der Waals surface area contributed by atoms with E-state index in [2.05, 4.69) is 17.0 Å². The summed E-state index contributed by atoms with van der Waals surface area (Å²) < 4.78 is 13.4. The monoisotopic (exact) mass is 285 g/mol. The Bertz CT molecular complexity index is 587. The number of rotatable bonds is 4. The summed E-state index contributed by atoms with van der Waals surface area (Å²) in [4.78, 5) is 2.34. The van der Waals surface area contributed by atoms with Crippen LogP contribution in [0.3, 0.4) is 0 Å². The molecular formula is C18H20FNO. The van der Waals surface area contributed by atoms with Crippen molar-refractivity contribution in [2.75, 3.05) is 19.7 Å². The molecule has 2 nitrogen and oxygen atoms in total. The Hall–Kier alpha value is -1.71. The van der Waals surface area contributed by atoms with Gasteiger partial charge in [-0.3, -0.25) is 4.90 Å². The third-order valence-corrected chi connectivity index (χ3v) is 4.28. The largest absolute Gasteiger partial charge is 0.396 e. The lowest BCUT2D eigenvalue weighted by atomic mass is 9.89. The highest BCUT2D eigenvalue weighted by molar-refractivity contribution is 5.24. The molecule has 3 heteroatoms. The quantitative estimate of drug-likeness (QED) is 0.933. The summed E-state index contributed by atoms with van der Waals surface area (Å²) in [6, 6.07) is 17.1. The van der Waals surface area contributed by atoms with Crippen molar-refractivity contribution in [3.8, 4) is 0 Å². The van der Waals surface area contributed by atoms with Gasteiger partial charge in [0.25, 0.3) is 0 Å². The van der Waals surface area contributed by atoms with E-state index in [0.29, 0.717) is 0 Å². The average molecular weight is 285 g/mol. The van der Waals surface area contributed by atoms with Gasteiger partial charge in [0.05, 0.1) is 0 Å². The number of halogens is 1. The van der Waals surface area contributed by atoms with Crippen LogP contribution in [-0.2, 0) is 6.54 Å². The zero-order valence-corrected chi connectivity index (χ0v) is 12.0. The lowest BCUT2D eigenvalue weighted by Crippen LogP contribution is -2.20. The minimum absolute atomic E-state index is 0.145. The Balaban J connectivity index is 1.74. The van der Waals surface area contributed by atoms with Crippen LogP contribution < -0.4 is 0 Å². The Morgan fingerprint density at radius 1 is 1.05 bits per heavy atom. The van der Waals surface area contributed by atoms with Crippen LogP contribution in [0.25, 0.3) is 0 Å². The van der Waals surface area contributed by atoms with Crippen molar-refractivity contribution >= 4 is 0 Å². The summed E-state index contributed by atoms with van der Waals surface area (Å²) in [7, 11) is 0. The molecule has 0 aliphatic carbocycles. The Morgan fingerprint density at radius 2 is 1.86 bits per heavy atom. The second-order valence-electron chi connectivity index (χ2n) is 5.78. The molecular weight excluding hydrogens is 265 g/mol. The van der Waals surface area contributed by atoms with E-state index in [-0.39, 0.29) is 24.3 Å². The molecule has 0 amide bonds. The molecule has 0 radical (unpaired) electrons. The summed E-state index contributed by atoms with van der Waals surface area (Å²) in [5, 5.41) is 9.63. The van der Waals surface area contributed by atoms with E-state index in [9.17, 15) is 9.50 Å². The van der Waals surface area contributed by atoms with Gasteiger partial charge < -0.3 is 5.11 Å². The molecule has 0 saturated carbocycles. The van der Waals surface area contributed by atoms with Crippen LogP contribution in [0.15, 0.2) is 54.6 Å². The van der Waals surface area contributed by atoms with Gasteiger partial charge in [0.2, 0.25) is 0 Å². The maximum absolute atomic E-state index is 13.4. The van der Waals surface area contributed by atoms with E-state index < -0.39 is 0 Å². The molecule has 3 rings (SSSR count). The lowest BCUT2D eigenvalue weighted by Gasteiger charge is -2.16. The second kappa shape index (κ2) is 6.37. The van der Waals surface area contributed by atoms with Gasteiger partial charge in [-0.15, -0.1) is 0 Å². The van der Waals surface area contributed by atoms with Gasteiger partial charge in [-0.1, -0.05) is 42.5 Å². The summed E-state index contributed by atoms with van der Waals surface area (Å²) in [6.45, 7) is 2.74. The van der Waals surface area contributed by atoms with E-state index in [1.807, 2.05) is 24.3 Å². The fourth-order valence-electron chi connectivity index (χ4n) is 3.23. The first-order chi connectivity index (χ1) is 10.3. The smallest absolute Gasteiger partial charge is 0.123 e. The first kappa shape index (κ1) is 14.2. The Morgan fingerprint density at radius 3 is 2.57 bits per heavy atom. The topological polar surface area (TPSA) is 23.5 Å². The molecule has 1 heterocycles. The second-order valence-corrected chi connectivity index (χ2v) is 5.78. The van der Waals surface area contributed by atoms with Crippen molar-refractivity contribution in [3.63, 3.8) is 0 Å². The highest BCUT2D eigenvalue weighted by Crippen LogP contribution is 2.33. The molecule has 1 saturated heterocycles. The van der Waals surface area contributed by atoms with Gasteiger partial charge in [-0.2, -0.15) is 0 Å². The van der Waals surface area contributed by atoms with Crippen molar-refractivity contribution in [1.82, 2.24) is 4.90 Å². The van der Waals surface area contributed by atoms with E-state index in [4.69, 9.17) is 0 Å². The normalized spacial score (nSPS) is 22.6. The molecule has 110 valence electrons. The predicted molar refractivity (Wildman–Crippen MR) is 81.4 cm³/mol. The fraction of sp³-hybridized carbons (Fsp3) is 0.333. The maximum Gasteiger partial charge on any atom is 0.123 e. The molecule has 0 aromatic heterocycles. The van der Waals surface area contributed by atoms with Crippen LogP contribution in [0, 0.1) is 11.7 Å². The van der Waals surface area contributed by atoms with Gasteiger partial charge >= 0.3 is 0 Å². The van der Waals surface area contributed by atoms with Crippen LogP contribution in [0.4, 0.5) is 4.39 Å². The summed E-state index contributed by atoms with van der Waals surface area (Å²) in [5.74, 6) is 0.177. The number of nitrogens with zero attached hydrogens (tertiary/aromatic N) is 1. The molecule has 1 fully saturated rings. The van der Waals surface area contributed by atoms with Crippen LogP contribution in [-0.4, -0.2) is 29.7 Å². The van der Waals surface area contributed by atoms with E-state index in [0.717, 1.165) is 25.2 Å². The average Bonchev–Trinajstić information content (AvgIpc) is 2.91. The number of hydrogen-bond donors (Lipinski definition) is 1. The van der Waals surface area contributed by atoms with Crippen molar-refractivity contribution < 1.29 is 9.50 Å². The number of aliphatic hydroxyl groups excluding tert-OH is 1.